The summed E-state index contributed by atoms with van der Waals surface area (Å²) in [5.74, 6) is 0.365. The number of hydrogen-bond acceptors (Lipinski definition) is 6. The van der Waals surface area contributed by atoms with E-state index in [4.69, 9.17) is 12.2 Å². The second-order valence-corrected chi connectivity index (χ2v) is 9.76. The maximum absolute atomic E-state index is 10.4. The van der Waals surface area contributed by atoms with E-state index in [-0.39, 0.29) is 0 Å². The number of phenolic OH excluding ortho intramolecular Hbond substituents is 1. The fraction of sp³-hybridized carbons (Fsp3) is 0.286. The van der Waals surface area contributed by atoms with Gasteiger partial charge in [0.1, 0.15) is 9.57 Å². The zero-order chi connectivity index (χ0) is 18.8. The van der Waals surface area contributed by atoms with Gasteiger partial charge >= 0.3 is 0 Å². The molecule has 2 heterocycles. The van der Waals surface area contributed by atoms with Crippen molar-refractivity contribution in [2.45, 2.75) is 6.54 Å². The Bertz CT molecular complexity index is 973. The Hall–Kier alpha value is -1.57. The molecule has 6 heteroatoms. The molecule has 0 amide bonds. The maximum Gasteiger partial charge on any atom is 0.120 e. The molecule has 0 spiro atoms. The Labute approximate surface area is 172 Å². The molecule has 1 N–H and O–H groups in total. The van der Waals surface area contributed by atoms with Crippen molar-refractivity contribution in [2.75, 3.05) is 33.2 Å². The Morgan fingerprint density at radius 1 is 0.963 bits per heavy atom. The van der Waals surface area contributed by atoms with E-state index in [0.29, 0.717) is 5.75 Å². The van der Waals surface area contributed by atoms with Crippen LogP contribution in [0.1, 0.15) is 5.56 Å². The van der Waals surface area contributed by atoms with Gasteiger partial charge in [0.15, 0.2) is 0 Å². The summed E-state index contributed by atoms with van der Waals surface area (Å²) in [5.41, 5.74) is 4.38. The monoisotopic (exact) mass is 414 g/mol. The third-order valence-corrected chi connectivity index (χ3v) is 8.09. The molecular formula is C21H22N2OS3. The predicted molar refractivity (Wildman–Crippen MR) is 118 cm³/mol. The lowest BCUT2D eigenvalue weighted by molar-refractivity contribution is 0.147. The van der Waals surface area contributed by atoms with E-state index >= 15 is 0 Å². The number of rotatable bonds is 4. The number of nitrogens with zero attached hydrogens (tertiary/aromatic N) is 2. The highest BCUT2D eigenvalue weighted by molar-refractivity contribution is 7.80. The summed E-state index contributed by atoms with van der Waals surface area (Å²) >= 11 is 5.66. The van der Waals surface area contributed by atoms with Crippen LogP contribution in [-0.2, 0) is 6.54 Å². The highest BCUT2D eigenvalue weighted by atomic mass is 32.9. The van der Waals surface area contributed by atoms with E-state index in [9.17, 15) is 5.11 Å². The van der Waals surface area contributed by atoms with Gasteiger partial charge in [-0.05, 0) is 30.3 Å². The van der Waals surface area contributed by atoms with Gasteiger partial charge in [-0.3, -0.25) is 4.90 Å². The smallest absolute Gasteiger partial charge is 0.120 e. The first-order valence-corrected chi connectivity index (χ1v) is 11.6. The van der Waals surface area contributed by atoms with E-state index in [0.717, 1.165) is 53.2 Å². The van der Waals surface area contributed by atoms with Gasteiger partial charge in [-0.15, -0.1) is 0 Å². The molecule has 1 aliphatic heterocycles. The van der Waals surface area contributed by atoms with Gasteiger partial charge in [0.2, 0.25) is 0 Å². The minimum atomic E-state index is 0.365. The number of likely N-dealkylation sites (N-methyl/N-ethyl adjacent to an activating group) is 1. The summed E-state index contributed by atoms with van der Waals surface area (Å²) in [6, 6.07) is 16.3. The van der Waals surface area contributed by atoms with Crippen molar-refractivity contribution < 1.29 is 5.11 Å². The number of hydrogen-bond donors (Lipinski definition) is 1. The number of piperazine rings is 1. The molecule has 140 valence electrons. The number of aromatic hydroxyl groups is 1. The molecular weight excluding hydrogens is 392 g/mol. The topological polar surface area (TPSA) is 26.7 Å². The summed E-state index contributed by atoms with van der Waals surface area (Å²) < 4.78 is 0.912. The van der Waals surface area contributed by atoms with Crippen LogP contribution >= 0.6 is 32.9 Å². The van der Waals surface area contributed by atoms with E-state index in [1.807, 2.05) is 18.2 Å². The van der Waals surface area contributed by atoms with Crippen molar-refractivity contribution in [3.05, 3.63) is 57.9 Å². The van der Waals surface area contributed by atoms with E-state index in [1.165, 1.54) is 10.4 Å². The lowest BCUT2D eigenvalue weighted by atomic mass is 10.0. The van der Waals surface area contributed by atoms with E-state index < -0.39 is 0 Å². The van der Waals surface area contributed by atoms with Crippen LogP contribution < -0.4 is 0 Å². The molecule has 1 aromatic heterocycles. The number of phenols is 1. The SMILES string of the molecule is CN1CCN(Cc2cc(-c3c(-c4ccccc4)ssc3=S)ccc2O)CC1. The van der Waals surface area contributed by atoms with Gasteiger partial charge in [-0.1, -0.05) is 69.3 Å². The molecule has 0 atom stereocenters. The van der Waals surface area contributed by atoms with E-state index in [2.05, 4.69) is 47.2 Å². The highest BCUT2D eigenvalue weighted by Crippen LogP contribution is 2.42. The molecule has 3 aromatic rings. The lowest BCUT2D eigenvalue weighted by Gasteiger charge is -2.32. The molecule has 4 rings (SSSR count). The molecule has 0 saturated carbocycles. The average molecular weight is 415 g/mol. The van der Waals surface area contributed by atoms with Gasteiger partial charge in [-0.2, -0.15) is 0 Å². The summed E-state index contributed by atoms with van der Waals surface area (Å²) in [4.78, 5) is 5.96. The van der Waals surface area contributed by atoms with Crippen LogP contribution in [0.4, 0.5) is 0 Å². The van der Waals surface area contributed by atoms with Crippen LogP contribution in [-0.4, -0.2) is 48.1 Å². The molecule has 1 saturated heterocycles. The second-order valence-electron chi connectivity index (χ2n) is 6.95. The van der Waals surface area contributed by atoms with Crippen molar-refractivity contribution in [2.24, 2.45) is 0 Å². The van der Waals surface area contributed by atoms with Crippen molar-refractivity contribution >= 4 is 32.9 Å². The van der Waals surface area contributed by atoms with Gasteiger partial charge < -0.3 is 10.0 Å². The third-order valence-electron chi connectivity index (χ3n) is 5.03. The first-order valence-electron chi connectivity index (χ1n) is 9.03. The summed E-state index contributed by atoms with van der Waals surface area (Å²) in [5, 5.41) is 10.4. The van der Waals surface area contributed by atoms with Gasteiger partial charge in [0, 0.05) is 43.9 Å². The minimum Gasteiger partial charge on any atom is -0.508 e. The highest BCUT2D eigenvalue weighted by Gasteiger charge is 2.18. The Morgan fingerprint density at radius 3 is 2.44 bits per heavy atom. The fourth-order valence-electron chi connectivity index (χ4n) is 3.40. The molecule has 27 heavy (non-hydrogen) atoms. The zero-order valence-electron chi connectivity index (χ0n) is 15.2. The Kier molecular flexibility index (Phi) is 5.71. The molecule has 3 nitrogen and oxygen atoms in total. The summed E-state index contributed by atoms with van der Waals surface area (Å²) in [7, 11) is 5.53. The van der Waals surface area contributed by atoms with Gasteiger partial charge in [-0.25, -0.2) is 0 Å². The van der Waals surface area contributed by atoms with Crippen LogP contribution in [0.2, 0.25) is 0 Å². The van der Waals surface area contributed by atoms with Crippen molar-refractivity contribution in [3.63, 3.8) is 0 Å². The quantitative estimate of drug-likeness (QED) is 0.461. The largest absolute Gasteiger partial charge is 0.508 e. The molecule has 0 bridgehead atoms. The van der Waals surface area contributed by atoms with Gasteiger partial charge in [0.05, 0.1) is 4.88 Å². The molecule has 0 radical (unpaired) electrons. The maximum atomic E-state index is 10.4. The molecule has 1 aliphatic rings. The van der Waals surface area contributed by atoms with Crippen molar-refractivity contribution in [1.29, 1.82) is 0 Å². The fourth-order valence-corrected chi connectivity index (χ4v) is 6.32. The van der Waals surface area contributed by atoms with Crippen LogP contribution in [0.3, 0.4) is 0 Å². The predicted octanol–water partition coefficient (Wildman–Crippen LogP) is 5.33. The summed E-state index contributed by atoms with van der Waals surface area (Å²) in [6.45, 7) is 4.97. The van der Waals surface area contributed by atoms with Crippen molar-refractivity contribution in [3.8, 4) is 27.3 Å². The molecule has 0 aliphatic carbocycles. The lowest BCUT2D eigenvalue weighted by Crippen LogP contribution is -2.43. The number of benzene rings is 2. The molecule has 1 fully saturated rings. The van der Waals surface area contributed by atoms with Crippen LogP contribution in [0.25, 0.3) is 21.6 Å². The van der Waals surface area contributed by atoms with Crippen LogP contribution in [0, 0.1) is 3.82 Å². The first-order chi connectivity index (χ1) is 13.1. The van der Waals surface area contributed by atoms with Crippen LogP contribution in [0.5, 0.6) is 5.75 Å². The Balaban J connectivity index is 1.68. The first kappa shape index (κ1) is 18.8. The van der Waals surface area contributed by atoms with Crippen molar-refractivity contribution in [1.82, 2.24) is 9.80 Å². The minimum absolute atomic E-state index is 0.365. The normalized spacial score (nSPS) is 15.9. The second kappa shape index (κ2) is 8.20. The molecule has 2 aromatic carbocycles. The standard InChI is InChI=1S/C21H22N2OS3/c1-22-9-11-23(12-10-22)14-17-13-16(7-8-18(17)24)19-20(26-27-21(19)25)15-5-3-2-4-6-15/h2-8,13,24H,9-12,14H2,1H3. The molecule has 0 unspecified atom stereocenters. The zero-order valence-corrected chi connectivity index (χ0v) is 17.7. The Morgan fingerprint density at radius 2 is 1.70 bits per heavy atom. The van der Waals surface area contributed by atoms with Gasteiger partial charge in [0.25, 0.3) is 0 Å². The van der Waals surface area contributed by atoms with E-state index in [1.54, 1.807) is 20.7 Å². The van der Waals surface area contributed by atoms with Crippen LogP contribution in [0.15, 0.2) is 48.5 Å². The third kappa shape index (κ3) is 4.15. The summed E-state index contributed by atoms with van der Waals surface area (Å²) in [6.07, 6.45) is 0. The average Bonchev–Trinajstić information content (AvgIpc) is 3.07.